The molecule has 0 radical (unpaired) electrons. The molecule has 0 aliphatic rings. The van der Waals surface area contributed by atoms with Crippen LogP contribution >= 0.6 is 0 Å². The molecular weight excluding hydrogens is 230 g/mol. The van der Waals surface area contributed by atoms with Gasteiger partial charge in [0.1, 0.15) is 0 Å². The van der Waals surface area contributed by atoms with Gasteiger partial charge in [-0.05, 0) is 24.6 Å². The molecule has 0 aromatic heterocycles. The third-order valence-corrected chi connectivity index (χ3v) is 2.81. The summed E-state index contributed by atoms with van der Waals surface area (Å²) in [6.07, 6.45) is 2.05. The van der Waals surface area contributed by atoms with E-state index in [4.69, 9.17) is 16.6 Å². The van der Waals surface area contributed by atoms with Crippen LogP contribution in [0.3, 0.4) is 0 Å². The van der Waals surface area contributed by atoms with Crippen molar-refractivity contribution in [3.8, 4) is 0 Å². The zero-order valence-corrected chi connectivity index (χ0v) is 10.7. The summed E-state index contributed by atoms with van der Waals surface area (Å²) in [5, 5.41) is 9.09. The third-order valence-electron chi connectivity index (χ3n) is 2.81. The van der Waals surface area contributed by atoms with Gasteiger partial charge >= 0.3 is 0 Å². The Hall–Kier alpha value is -1.75. The quantitative estimate of drug-likeness (QED) is 0.629. The summed E-state index contributed by atoms with van der Waals surface area (Å²) in [7, 11) is 0. The van der Waals surface area contributed by atoms with Gasteiger partial charge in [0.2, 0.25) is 5.91 Å². The Morgan fingerprint density at radius 3 is 2.67 bits per heavy atom. The number of benzene rings is 1. The highest BCUT2D eigenvalue weighted by Crippen LogP contribution is 2.24. The van der Waals surface area contributed by atoms with E-state index in [1.54, 1.807) is 18.2 Å². The van der Waals surface area contributed by atoms with Crippen LogP contribution < -0.4 is 16.4 Å². The van der Waals surface area contributed by atoms with Crippen molar-refractivity contribution in [3.63, 3.8) is 0 Å². The molecule has 0 saturated carbocycles. The van der Waals surface area contributed by atoms with Crippen molar-refractivity contribution in [2.75, 3.05) is 30.3 Å². The van der Waals surface area contributed by atoms with Crippen LogP contribution in [0.1, 0.15) is 30.1 Å². The van der Waals surface area contributed by atoms with Gasteiger partial charge in [0.25, 0.3) is 0 Å². The summed E-state index contributed by atoms with van der Waals surface area (Å²) in [4.78, 5) is 13.1. The SMILES string of the molecule is CCCCN(CCO)c1cc(C(N)=O)ccc1N. The van der Waals surface area contributed by atoms with E-state index in [0.717, 1.165) is 25.1 Å². The fraction of sp³-hybridized carbons (Fsp3) is 0.462. The molecule has 0 spiro atoms. The molecule has 0 aliphatic heterocycles. The fourth-order valence-electron chi connectivity index (χ4n) is 1.79. The summed E-state index contributed by atoms with van der Waals surface area (Å²) in [6.45, 7) is 3.43. The lowest BCUT2D eigenvalue weighted by Gasteiger charge is -2.25. The molecule has 5 nitrogen and oxygen atoms in total. The molecule has 18 heavy (non-hydrogen) atoms. The Kier molecular flexibility index (Phi) is 5.45. The third kappa shape index (κ3) is 3.63. The smallest absolute Gasteiger partial charge is 0.248 e. The van der Waals surface area contributed by atoms with Crippen molar-refractivity contribution in [3.05, 3.63) is 23.8 Å². The van der Waals surface area contributed by atoms with Crippen LogP contribution in [0.2, 0.25) is 0 Å². The van der Waals surface area contributed by atoms with Gasteiger partial charge in [0.15, 0.2) is 0 Å². The summed E-state index contributed by atoms with van der Waals surface area (Å²) < 4.78 is 0. The van der Waals surface area contributed by atoms with Gasteiger partial charge in [-0.3, -0.25) is 4.79 Å². The predicted octanol–water partition coefficient (Wildman–Crippen LogP) is 0.967. The number of anilines is 2. The minimum Gasteiger partial charge on any atom is -0.397 e. The number of nitrogen functional groups attached to an aromatic ring is 1. The minimum absolute atomic E-state index is 0.0456. The van der Waals surface area contributed by atoms with E-state index >= 15 is 0 Å². The van der Waals surface area contributed by atoms with Crippen molar-refractivity contribution in [2.45, 2.75) is 19.8 Å². The highest BCUT2D eigenvalue weighted by atomic mass is 16.3. The number of carbonyl (C=O) groups excluding carboxylic acids is 1. The topological polar surface area (TPSA) is 92.6 Å². The number of hydrogen-bond donors (Lipinski definition) is 3. The second-order valence-electron chi connectivity index (χ2n) is 4.20. The van der Waals surface area contributed by atoms with Crippen molar-refractivity contribution >= 4 is 17.3 Å². The van der Waals surface area contributed by atoms with Crippen molar-refractivity contribution in [2.24, 2.45) is 5.73 Å². The van der Waals surface area contributed by atoms with E-state index < -0.39 is 5.91 Å². The Morgan fingerprint density at radius 2 is 2.11 bits per heavy atom. The fourth-order valence-corrected chi connectivity index (χ4v) is 1.79. The molecule has 0 saturated heterocycles. The van der Waals surface area contributed by atoms with E-state index in [1.807, 2.05) is 4.90 Å². The highest BCUT2D eigenvalue weighted by molar-refractivity contribution is 5.95. The molecule has 0 aliphatic carbocycles. The molecule has 1 amide bonds. The summed E-state index contributed by atoms with van der Waals surface area (Å²) >= 11 is 0. The number of amides is 1. The summed E-state index contributed by atoms with van der Waals surface area (Å²) in [5.74, 6) is -0.476. The first-order valence-corrected chi connectivity index (χ1v) is 6.15. The molecule has 1 aromatic rings. The molecule has 100 valence electrons. The lowest BCUT2D eigenvalue weighted by molar-refractivity contribution is 0.100. The molecular formula is C13H21N3O2. The van der Waals surface area contributed by atoms with Gasteiger partial charge in [0.05, 0.1) is 18.0 Å². The van der Waals surface area contributed by atoms with E-state index in [0.29, 0.717) is 17.8 Å². The minimum atomic E-state index is -0.476. The Balaban J connectivity index is 3.01. The molecule has 0 bridgehead atoms. The maximum absolute atomic E-state index is 11.2. The number of hydrogen-bond acceptors (Lipinski definition) is 4. The lowest BCUT2D eigenvalue weighted by Crippen LogP contribution is -2.29. The largest absolute Gasteiger partial charge is 0.397 e. The number of aliphatic hydroxyl groups is 1. The van der Waals surface area contributed by atoms with Crippen molar-refractivity contribution < 1.29 is 9.90 Å². The average Bonchev–Trinajstić information content (AvgIpc) is 2.35. The number of aliphatic hydroxyl groups excluding tert-OH is 1. The van der Waals surface area contributed by atoms with Crippen LogP contribution in [0, 0.1) is 0 Å². The zero-order valence-electron chi connectivity index (χ0n) is 10.7. The van der Waals surface area contributed by atoms with Crippen LogP contribution in [-0.4, -0.2) is 30.7 Å². The van der Waals surface area contributed by atoms with Gasteiger partial charge < -0.3 is 21.5 Å². The Bertz CT molecular complexity index is 407. The number of nitrogens with two attached hydrogens (primary N) is 2. The Morgan fingerprint density at radius 1 is 1.39 bits per heavy atom. The maximum atomic E-state index is 11.2. The Labute approximate surface area is 107 Å². The van der Waals surface area contributed by atoms with Crippen LogP contribution in [-0.2, 0) is 0 Å². The van der Waals surface area contributed by atoms with E-state index in [2.05, 4.69) is 6.92 Å². The van der Waals surface area contributed by atoms with Gasteiger partial charge in [-0.25, -0.2) is 0 Å². The van der Waals surface area contributed by atoms with Crippen molar-refractivity contribution in [1.82, 2.24) is 0 Å². The van der Waals surface area contributed by atoms with E-state index in [-0.39, 0.29) is 6.61 Å². The van der Waals surface area contributed by atoms with Crippen LogP contribution in [0.5, 0.6) is 0 Å². The second-order valence-corrected chi connectivity index (χ2v) is 4.20. The predicted molar refractivity (Wildman–Crippen MR) is 73.6 cm³/mol. The summed E-state index contributed by atoms with van der Waals surface area (Å²) in [5.41, 5.74) is 13.0. The number of primary amides is 1. The molecule has 0 fully saturated rings. The first-order chi connectivity index (χ1) is 8.60. The lowest BCUT2D eigenvalue weighted by atomic mass is 10.1. The molecule has 0 heterocycles. The molecule has 5 heteroatoms. The molecule has 0 unspecified atom stereocenters. The second kappa shape index (κ2) is 6.86. The van der Waals surface area contributed by atoms with E-state index in [1.165, 1.54) is 0 Å². The average molecular weight is 251 g/mol. The van der Waals surface area contributed by atoms with Gasteiger partial charge in [-0.2, -0.15) is 0 Å². The van der Waals surface area contributed by atoms with E-state index in [9.17, 15) is 4.79 Å². The van der Waals surface area contributed by atoms with Crippen LogP contribution in [0.15, 0.2) is 18.2 Å². The molecule has 1 aromatic carbocycles. The van der Waals surface area contributed by atoms with Crippen LogP contribution in [0.25, 0.3) is 0 Å². The standard InChI is InChI=1S/C13H21N3O2/c1-2-3-6-16(7-8-17)12-9-10(13(15)18)4-5-11(12)14/h4-5,9,17H,2-3,6-8,14H2,1H3,(H2,15,18). The van der Waals surface area contributed by atoms with Gasteiger partial charge in [0, 0.05) is 18.7 Å². The molecule has 0 atom stereocenters. The van der Waals surface area contributed by atoms with Gasteiger partial charge in [-0.1, -0.05) is 13.3 Å². The van der Waals surface area contributed by atoms with Crippen molar-refractivity contribution in [1.29, 1.82) is 0 Å². The normalized spacial score (nSPS) is 10.3. The number of rotatable bonds is 7. The first kappa shape index (κ1) is 14.3. The number of unbranched alkanes of at least 4 members (excludes halogenated alkanes) is 1. The van der Waals surface area contributed by atoms with Gasteiger partial charge in [-0.15, -0.1) is 0 Å². The monoisotopic (exact) mass is 251 g/mol. The highest BCUT2D eigenvalue weighted by Gasteiger charge is 2.11. The molecule has 1 rings (SSSR count). The first-order valence-electron chi connectivity index (χ1n) is 6.15. The number of nitrogens with zero attached hydrogens (tertiary/aromatic N) is 1. The maximum Gasteiger partial charge on any atom is 0.248 e. The number of carbonyl (C=O) groups is 1. The summed E-state index contributed by atoms with van der Waals surface area (Å²) in [6, 6.07) is 4.97. The molecule has 5 N–H and O–H groups in total. The van der Waals surface area contributed by atoms with Crippen LogP contribution in [0.4, 0.5) is 11.4 Å². The zero-order chi connectivity index (χ0) is 13.5.